The maximum atomic E-state index is 12.7. The number of thioether (sulfide) groups is 1. The maximum absolute atomic E-state index is 12.7. The summed E-state index contributed by atoms with van der Waals surface area (Å²) in [4.78, 5) is 27.8. The van der Waals surface area contributed by atoms with Crippen LogP contribution in [0.3, 0.4) is 0 Å². The molecule has 2 amide bonds. The predicted octanol–water partition coefficient (Wildman–Crippen LogP) is 4.30. The number of amides is 2. The second-order valence-corrected chi connectivity index (χ2v) is 7.93. The van der Waals surface area contributed by atoms with Gasteiger partial charge in [0.1, 0.15) is 0 Å². The lowest BCUT2D eigenvalue weighted by Crippen LogP contribution is -2.35. The van der Waals surface area contributed by atoms with Crippen molar-refractivity contribution in [3.05, 3.63) is 72.3 Å². The van der Waals surface area contributed by atoms with Crippen molar-refractivity contribution in [3.8, 4) is 0 Å². The van der Waals surface area contributed by atoms with Crippen molar-refractivity contribution in [1.82, 2.24) is 4.90 Å². The quantitative estimate of drug-likeness (QED) is 0.738. The molecule has 0 spiro atoms. The molecular formula is C22H20N2O2S. The third-order valence-electron chi connectivity index (χ3n) is 4.78. The number of hydrogen-bond acceptors (Lipinski definition) is 3. The van der Waals surface area contributed by atoms with Gasteiger partial charge in [-0.25, -0.2) is 0 Å². The number of para-hydroxylation sites is 1. The summed E-state index contributed by atoms with van der Waals surface area (Å²) in [6, 6.07) is 22.0. The van der Waals surface area contributed by atoms with E-state index in [9.17, 15) is 9.59 Å². The van der Waals surface area contributed by atoms with Crippen molar-refractivity contribution < 1.29 is 9.59 Å². The molecule has 0 saturated heterocycles. The lowest BCUT2D eigenvalue weighted by atomic mass is 10.0. The van der Waals surface area contributed by atoms with Gasteiger partial charge in [-0.05, 0) is 28.5 Å². The van der Waals surface area contributed by atoms with Gasteiger partial charge in [-0.2, -0.15) is 0 Å². The Morgan fingerprint density at radius 1 is 1.04 bits per heavy atom. The van der Waals surface area contributed by atoms with Gasteiger partial charge in [-0.3, -0.25) is 9.59 Å². The number of rotatable bonds is 4. The van der Waals surface area contributed by atoms with Crippen LogP contribution in [-0.2, 0) is 16.1 Å². The van der Waals surface area contributed by atoms with Crippen molar-refractivity contribution in [3.63, 3.8) is 0 Å². The van der Waals surface area contributed by atoms with Gasteiger partial charge in [0.25, 0.3) is 0 Å². The molecule has 0 saturated carbocycles. The van der Waals surface area contributed by atoms with Crippen LogP contribution < -0.4 is 5.32 Å². The van der Waals surface area contributed by atoms with E-state index in [1.807, 2.05) is 48.5 Å². The minimum Gasteiger partial charge on any atom is -0.341 e. The highest BCUT2D eigenvalue weighted by atomic mass is 32.2. The van der Waals surface area contributed by atoms with Crippen LogP contribution in [0.2, 0.25) is 0 Å². The fraction of sp³-hybridized carbons (Fsp3) is 0.182. The molecule has 1 aliphatic rings. The molecule has 5 heteroatoms. The molecule has 27 heavy (non-hydrogen) atoms. The number of nitrogens with one attached hydrogen (secondary N) is 1. The highest BCUT2D eigenvalue weighted by Gasteiger charge is 2.29. The van der Waals surface area contributed by atoms with E-state index >= 15 is 0 Å². The van der Waals surface area contributed by atoms with Crippen molar-refractivity contribution >= 4 is 40.0 Å². The van der Waals surface area contributed by atoms with E-state index in [4.69, 9.17) is 0 Å². The monoisotopic (exact) mass is 376 g/mol. The lowest BCUT2D eigenvalue weighted by molar-refractivity contribution is -0.131. The first-order valence-electron chi connectivity index (χ1n) is 8.89. The first-order valence-corrected chi connectivity index (χ1v) is 9.77. The minimum absolute atomic E-state index is 0.0324. The third kappa shape index (κ3) is 3.69. The lowest BCUT2D eigenvalue weighted by Gasteiger charge is -2.25. The molecule has 0 aromatic heterocycles. The molecular weight excluding hydrogens is 356 g/mol. The second-order valence-electron chi connectivity index (χ2n) is 6.68. The van der Waals surface area contributed by atoms with E-state index < -0.39 is 5.25 Å². The number of benzene rings is 3. The van der Waals surface area contributed by atoms with E-state index in [2.05, 4.69) is 23.5 Å². The molecule has 0 aliphatic carbocycles. The van der Waals surface area contributed by atoms with Crippen LogP contribution in [0.25, 0.3) is 10.8 Å². The Balaban J connectivity index is 1.46. The first kappa shape index (κ1) is 17.6. The number of anilines is 1. The molecule has 0 fully saturated rings. The topological polar surface area (TPSA) is 49.4 Å². The van der Waals surface area contributed by atoms with Gasteiger partial charge in [-0.15, -0.1) is 11.8 Å². The van der Waals surface area contributed by atoms with Gasteiger partial charge in [0.2, 0.25) is 11.8 Å². The Morgan fingerprint density at radius 2 is 1.78 bits per heavy atom. The Bertz CT molecular complexity index is 1010. The smallest absolute Gasteiger partial charge is 0.238 e. The van der Waals surface area contributed by atoms with Crippen LogP contribution >= 0.6 is 11.8 Å². The summed E-state index contributed by atoms with van der Waals surface area (Å²) >= 11 is 1.46. The molecule has 4 nitrogen and oxygen atoms in total. The highest BCUT2D eigenvalue weighted by Crippen LogP contribution is 2.36. The summed E-state index contributed by atoms with van der Waals surface area (Å²) in [5.41, 5.74) is 1.93. The molecule has 136 valence electrons. The van der Waals surface area contributed by atoms with E-state index in [0.717, 1.165) is 26.9 Å². The normalized spacial score (nSPS) is 15.9. The maximum Gasteiger partial charge on any atom is 0.238 e. The van der Waals surface area contributed by atoms with E-state index in [1.54, 1.807) is 11.9 Å². The Labute approximate surface area is 162 Å². The second kappa shape index (κ2) is 7.45. The number of carbonyl (C=O) groups excluding carboxylic acids is 2. The Kier molecular flexibility index (Phi) is 4.86. The number of fused-ring (bicyclic) bond motifs is 2. The molecule has 0 bridgehead atoms. The van der Waals surface area contributed by atoms with Crippen molar-refractivity contribution in [1.29, 1.82) is 0 Å². The molecule has 3 aromatic rings. The van der Waals surface area contributed by atoms with Gasteiger partial charge in [0, 0.05) is 24.9 Å². The zero-order valence-corrected chi connectivity index (χ0v) is 15.8. The molecule has 0 radical (unpaired) electrons. The fourth-order valence-corrected chi connectivity index (χ4v) is 4.42. The molecule has 1 aliphatic heterocycles. The number of hydrogen-bond donors (Lipinski definition) is 1. The average molecular weight is 376 g/mol. The van der Waals surface area contributed by atoms with Gasteiger partial charge < -0.3 is 10.2 Å². The highest BCUT2D eigenvalue weighted by molar-refractivity contribution is 8.01. The average Bonchev–Trinajstić information content (AvgIpc) is 2.68. The minimum atomic E-state index is -0.401. The summed E-state index contributed by atoms with van der Waals surface area (Å²) in [6.45, 7) is 0.524. The Hall–Kier alpha value is -2.79. The summed E-state index contributed by atoms with van der Waals surface area (Å²) < 4.78 is 0. The van der Waals surface area contributed by atoms with E-state index in [0.29, 0.717) is 6.54 Å². The molecule has 3 aromatic carbocycles. The molecule has 4 rings (SSSR count). The SMILES string of the molecule is CN(Cc1cccc2ccccc12)C(=O)CC1Sc2ccccc2NC1=O. The number of carbonyl (C=O) groups is 2. The van der Waals surface area contributed by atoms with Crippen LogP contribution in [0.15, 0.2) is 71.6 Å². The summed E-state index contributed by atoms with van der Waals surface area (Å²) in [7, 11) is 1.80. The van der Waals surface area contributed by atoms with Crippen LogP contribution in [-0.4, -0.2) is 29.0 Å². The summed E-state index contributed by atoms with van der Waals surface area (Å²) in [6.07, 6.45) is 0.187. The molecule has 1 heterocycles. The van der Waals surface area contributed by atoms with Crippen molar-refractivity contribution in [2.45, 2.75) is 23.1 Å². The van der Waals surface area contributed by atoms with Crippen molar-refractivity contribution in [2.24, 2.45) is 0 Å². The van der Waals surface area contributed by atoms with Gasteiger partial charge >= 0.3 is 0 Å². The molecule has 1 unspecified atom stereocenters. The summed E-state index contributed by atoms with van der Waals surface area (Å²) in [5.74, 6) is -0.138. The van der Waals surface area contributed by atoms with Gasteiger partial charge in [0.15, 0.2) is 0 Å². The van der Waals surface area contributed by atoms with Crippen LogP contribution in [0.1, 0.15) is 12.0 Å². The standard InChI is InChI=1S/C22H20N2O2S/c1-24(14-16-9-6-8-15-7-2-3-10-17(15)16)21(25)13-20-22(26)23-18-11-4-5-12-19(18)27-20/h2-12,20H,13-14H2,1H3,(H,23,26). The molecule has 1 N–H and O–H groups in total. The predicted molar refractivity (Wildman–Crippen MR) is 110 cm³/mol. The first-order chi connectivity index (χ1) is 13.1. The molecule has 1 atom stereocenters. The zero-order valence-electron chi connectivity index (χ0n) is 15.0. The van der Waals surface area contributed by atoms with Crippen molar-refractivity contribution in [2.75, 3.05) is 12.4 Å². The van der Waals surface area contributed by atoms with E-state index in [-0.39, 0.29) is 18.2 Å². The fourth-order valence-electron chi connectivity index (χ4n) is 3.32. The zero-order chi connectivity index (χ0) is 18.8. The van der Waals surface area contributed by atoms with E-state index in [1.165, 1.54) is 11.8 Å². The van der Waals surface area contributed by atoms with Crippen LogP contribution in [0.5, 0.6) is 0 Å². The van der Waals surface area contributed by atoms with Crippen LogP contribution in [0.4, 0.5) is 5.69 Å². The Morgan fingerprint density at radius 3 is 2.67 bits per heavy atom. The largest absolute Gasteiger partial charge is 0.341 e. The van der Waals surface area contributed by atoms with Gasteiger partial charge in [-0.1, -0.05) is 54.6 Å². The number of nitrogens with zero attached hydrogens (tertiary/aromatic N) is 1. The summed E-state index contributed by atoms with van der Waals surface area (Å²) in [5, 5.41) is 4.81. The van der Waals surface area contributed by atoms with Gasteiger partial charge in [0.05, 0.1) is 10.9 Å². The third-order valence-corrected chi connectivity index (χ3v) is 6.06. The van der Waals surface area contributed by atoms with Crippen LogP contribution in [0, 0.1) is 0 Å².